The predicted molar refractivity (Wildman–Crippen MR) is 96.4 cm³/mol. The molecule has 1 aliphatic rings. The first-order valence-electron chi connectivity index (χ1n) is 8.77. The SMILES string of the molecule is Cc1c(NC(C)C(C)C)cccc1C(=O)NCC1(O)CCOCC1. The molecular formula is C19H30N2O3. The van der Waals surface area contributed by atoms with Gasteiger partial charge in [0, 0.05) is 49.9 Å². The molecule has 1 aromatic rings. The quantitative estimate of drug-likeness (QED) is 0.748. The second-order valence-electron chi connectivity index (χ2n) is 7.17. The molecule has 0 saturated carbocycles. The van der Waals surface area contributed by atoms with Crippen molar-refractivity contribution in [3.05, 3.63) is 29.3 Å². The summed E-state index contributed by atoms with van der Waals surface area (Å²) in [5.74, 6) is 0.359. The van der Waals surface area contributed by atoms with Gasteiger partial charge in [0.05, 0.1) is 5.60 Å². The summed E-state index contributed by atoms with van der Waals surface area (Å²) in [4.78, 5) is 12.5. The van der Waals surface area contributed by atoms with Crippen LogP contribution in [-0.4, -0.2) is 42.4 Å². The largest absolute Gasteiger partial charge is 0.388 e. The Morgan fingerprint density at radius 2 is 1.96 bits per heavy atom. The van der Waals surface area contributed by atoms with Gasteiger partial charge in [-0.3, -0.25) is 4.79 Å². The molecule has 0 bridgehead atoms. The Kier molecular flexibility index (Phi) is 6.24. The summed E-state index contributed by atoms with van der Waals surface area (Å²) in [6, 6.07) is 6.03. The van der Waals surface area contributed by atoms with Crippen LogP contribution in [0.1, 0.15) is 49.5 Å². The summed E-state index contributed by atoms with van der Waals surface area (Å²) in [7, 11) is 0. The fourth-order valence-corrected chi connectivity index (χ4v) is 2.72. The Morgan fingerprint density at radius 3 is 2.58 bits per heavy atom. The zero-order chi connectivity index (χ0) is 17.7. The third-order valence-corrected chi connectivity index (χ3v) is 4.96. The van der Waals surface area contributed by atoms with E-state index < -0.39 is 5.60 Å². The molecule has 1 aliphatic heterocycles. The van der Waals surface area contributed by atoms with Gasteiger partial charge >= 0.3 is 0 Å². The average molecular weight is 334 g/mol. The van der Waals surface area contributed by atoms with E-state index in [2.05, 4.69) is 31.4 Å². The van der Waals surface area contributed by atoms with Crippen LogP contribution in [-0.2, 0) is 4.74 Å². The Hall–Kier alpha value is -1.59. The van der Waals surface area contributed by atoms with Gasteiger partial charge in [0.25, 0.3) is 5.91 Å². The number of carbonyl (C=O) groups excluding carboxylic acids is 1. The maximum Gasteiger partial charge on any atom is 0.251 e. The van der Waals surface area contributed by atoms with Gasteiger partial charge in [0.15, 0.2) is 0 Å². The second kappa shape index (κ2) is 7.99. The molecule has 24 heavy (non-hydrogen) atoms. The number of rotatable bonds is 6. The van der Waals surface area contributed by atoms with Crippen LogP contribution in [0.5, 0.6) is 0 Å². The summed E-state index contributed by atoms with van der Waals surface area (Å²) in [5.41, 5.74) is 1.70. The maximum absolute atomic E-state index is 12.5. The highest BCUT2D eigenvalue weighted by Gasteiger charge is 2.30. The third-order valence-electron chi connectivity index (χ3n) is 4.96. The molecule has 5 nitrogen and oxygen atoms in total. The monoisotopic (exact) mass is 334 g/mol. The Balaban J connectivity index is 2.04. The number of carbonyl (C=O) groups is 1. The normalized spacial score (nSPS) is 18.2. The molecule has 1 saturated heterocycles. The van der Waals surface area contributed by atoms with Crippen LogP contribution in [0, 0.1) is 12.8 Å². The molecule has 1 aromatic carbocycles. The third kappa shape index (κ3) is 4.71. The zero-order valence-electron chi connectivity index (χ0n) is 15.2. The lowest BCUT2D eigenvalue weighted by Crippen LogP contribution is -2.46. The first kappa shape index (κ1) is 18.7. The number of benzene rings is 1. The molecule has 2 rings (SSSR count). The molecule has 3 N–H and O–H groups in total. The fraction of sp³-hybridized carbons (Fsp3) is 0.632. The number of aliphatic hydroxyl groups is 1. The highest BCUT2D eigenvalue weighted by molar-refractivity contribution is 5.97. The van der Waals surface area contributed by atoms with E-state index in [0.717, 1.165) is 11.3 Å². The van der Waals surface area contributed by atoms with E-state index in [-0.39, 0.29) is 12.5 Å². The van der Waals surface area contributed by atoms with Crippen molar-refractivity contribution >= 4 is 11.6 Å². The number of hydrogen-bond acceptors (Lipinski definition) is 4. The van der Waals surface area contributed by atoms with E-state index in [1.165, 1.54) is 0 Å². The first-order valence-corrected chi connectivity index (χ1v) is 8.77. The molecule has 0 radical (unpaired) electrons. The summed E-state index contributed by atoms with van der Waals surface area (Å²) < 4.78 is 5.27. The van der Waals surface area contributed by atoms with Gasteiger partial charge in [-0.2, -0.15) is 0 Å². The first-order chi connectivity index (χ1) is 11.3. The van der Waals surface area contributed by atoms with Crippen LogP contribution in [0.25, 0.3) is 0 Å². The van der Waals surface area contributed by atoms with Crippen LogP contribution >= 0.6 is 0 Å². The number of nitrogens with one attached hydrogen (secondary N) is 2. The van der Waals surface area contributed by atoms with Gasteiger partial charge in [0.2, 0.25) is 0 Å². The maximum atomic E-state index is 12.5. The van der Waals surface area contributed by atoms with Gasteiger partial charge in [-0.15, -0.1) is 0 Å². The average Bonchev–Trinajstić information content (AvgIpc) is 2.55. The molecule has 0 aromatic heterocycles. The van der Waals surface area contributed by atoms with E-state index in [1.54, 1.807) is 0 Å². The molecule has 5 heteroatoms. The molecule has 134 valence electrons. The Labute approximate surface area is 144 Å². The minimum atomic E-state index is -0.857. The molecular weight excluding hydrogens is 304 g/mol. The van der Waals surface area contributed by atoms with Crippen LogP contribution in [0.15, 0.2) is 18.2 Å². The summed E-state index contributed by atoms with van der Waals surface area (Å²) in [5, 5.41) is 16.8. The van der Waals surface area contributed by atoms with E-state index in [1.807, 2.05) is 25.1 Å². The molecule has 1 amide bonds. The van der Waals surface area contributed by atoms with Crippen molar-refractivity contribution in [2.75, 3.05) is 25.1 Å². The molecule has 1 atom stereocenters. The summed E-state index contributed by atoms with van der Waals surface area (Å²) in [6.45, 7) is 9.76. The van der Waals surface area contributed by atoms with Crippen LogP contribution in [0.3, 0.4) is 0 Å². The highest BCUT2D eigenvalue weighted by atomic mass is 16.5. The highest BCUT2D eigenvalue weighted by Crippen LogP contribution is 2.22. The van der Waals surface area contributed by atoms with Crippen molar-refractivity contribution in [2.45, 2.75) is 52.2 Å². The zero-order valence-corrected chi connectivity index (χ0v) is 15.2. The lowest BCUT2D eigenvalue weighted by Gasteiger charge is -2.32. The minimum Gasteiger partial charge on any atom is -0.388 e. The fourth-order valence-electron chi connectivity index (χ4n) is 2.72. The van der Waals surface area contributed by atoms with Crippen LogP contribution in [0.2, 0.25) is 0 Å². The topological polar surface area (TPSA) is 70.6 Å². The number of ether oxygens (including phenoxy) is 1. The lowest BCUT2D eigenvalue weighted by atomic mass is 9.94. The summed E-state index contributed by atoms with van der Waals surface area (Å²) >= 11 is 0. The number of anilines is 1. The Morgan fingerprint density at radius 1 is 1.29 bits per heavy atom. The van der Waals surface area contributed by atoms with E-state index >= 15 is 0 Å². The van der Waals surface area contributed by atoms with Crippen molar-refractivity contribution in [1.29, 1.82) is 0 Å². The van der Waals surface area contributed by atoms with E-state index in [9.17, 15) is 9.90 Å². The lowest BCUT2D eigenvalue weighted by molar-refractivity contribution is -0.0605. The Bertz CT molecular complexity index is 566. The smallest absolute Gasteiger partial charge is 0.251 e. The number of hydrogen-bond donors (Lipinski definition) is 3. The van der Waals surface area contributed by atoms with Gasteiger partial charge < -0.3 is 20.5 Å². The van der Waals surface area contributed by atoms with E-state index in [4.69, 9.17) is 4.74 Å². The summed E-state index contributed by atoms with van der Waals surface area (Å²) in [6.07, 6.45) is 1.11. The van der Waals surface area contributed by atoms with Gasteiger partial charge in [-0.05, 0) is 37.5 Å². The van der Waals surface area contributed by atoms with Crippen molar-refractivity contribution in [1.82, 2.24) is 5.32 Å². The number of amides is 1. The van der Waals surface area contributed by atoms with E-state index in [0.29, 0.717) is 43.6 Å². The van der Waals surface area contributed by atoms with Gasteiger partial charge in [0.1, 0.15) is 0 Å². The van der Waals surface area contributed by atoms with Crippen molar-refractivity contribution < 1.29 is 14.6 Å². The molecule has 0 spiro atoms. The van der Waals surface area contributed by atoms with Gasteiger partial charge in [-0.25, -0.2) is 0 Å². The molecule has 1 fully saturated rings. The minimum absolute atomic E-state index is 0.145. The second-order valence-corrected chi connectivity index (χ2v) is 7.17. The standard InChI is InChI=1S/C19H30N2O3/c1-13(2)15(4)21-17-7-5-6-16(14(17)3)18(22)20-12-19(23)8-10-24-11-9-19/h5-7,13,15,21,23H,8-12H2,1-4H3,(H,20,22). The van der Waals surface area contributed by atoms with Crippen LogP contribution < -0.4 is 10.6 Å². The molecule has 1 unspecified atom stereocenters. The van der Waals surface area contributed by atoms with Crippen molar-refractivity contribution in [2.24, 2.45) is 5.92 Å². The van der Waals surface area contributed by atoms with Gasteiger partial charge in [-0.1, -0.05) is 19.9 Å². The van der Waals surface area contributed by atoms with Crippen molar-refractivity contribution in [3.63, 3.8) is 0 Å². The predicted octanol–water partition coefficient (Wildman–Crippen LogP) is 2.72. The molecule has 0 aliphatic carbocycles. The van der Waals surface area contributed by atoms with Crippen LogP contribution in [0.4, 0.5) is 5.69 Å². The molecule has 1 heterocycles. The van der Waals surface area contributed by atoms with Crippen molar-refractivity contribution in [3.8, 4) is 0 Å².